The van der Waals surface area contributed by atoms with Crippen LogP contribution >= 0.6 is 0 Å². The molecule has 0 spiro atoms. The van der Waals surface area contributed by atoms with Crippen molar-refractivity contribution in [1.82, 2.24) is 0 Å². The van der Waals surface area contributed by atoms with Gasteiger partial charge in [-0.3, -0.25) is 0 Å². The summed E-state index contributed by atoms with van der Waals surface area (Å²) in [5, 5.41) is 17.9. The molecule has 0 aliphatic rings. The van der Waals surface area contributed by atoms with Crippen LogP contribution in [0.15, 0.2) is 24.3 Å². The van der Waals surface area contributed by atoms with Crippen molar-refractivity contribution in [3.05, 3.63) is 24.3 Å². The molecule has 0 saturated carbocycles. The SMILES string of the molecule is CCCCCCCC/C=C\CCCCCCCCOCC(C[N+](C)(C)CCCCCC(OCCOCCO)OCCOCCO)OCCCCCCCC/C=C\CCCCCCCC.[Cl-]. The highest BCUT2D eigenvalue weighted by atomic mass is 35.5. The van der Waals surface area contributed by atoms with Gasteiger partial charge in [0.15, 0.2) is 6.29 Å². The number of unbranched alkanes of at least 4 members (excludes halogenated alkanes) is 26. The van der Waals surface area contributed by atoms with Gasteiger partial charge < -0.3 is 55.5 Å². The first-order valence-corrected chi connectivity index (χ1v) is 27.4. The number of aliphatic hydroxyl groups excluding tert-OH is 2. The van der Waals surface area contributed by atoms with Crippen LogP contribution in [0.25, 0.3) is 0 Å². The Morgan fingerprint density at radius 1 is 0.400 bits per heavy atom. The summed E-state index contributed by atoms with van der Waals surface area (Å²) >= 11 is 0. The maximum Gasteiger partial charge on any atom is 0.157 e. The zero-order chi connectivity index (χ0) is 46.5. The Balaban J connectivity index is 0. The minimum Gasteiger partial charge on any atom is -1.00 e. The summed E-state index contributed by atoms with van der Waals surface area (Å²) in [5.41, 5.74) is 0. The molecule has 65 heavy (non-hydrogen) atoms. The minimum atomic E-state index is -0.318. The molecule has 1 atom stereocenters. The van der Waals surface area contributed by atoms with Crippen LogP contribution in [0, 0.1) is 0 Å². The number of aliphatic hydroxyl groups is 2. The molecule has 0 heterocycles. The zero-order valence-electron chi connectivity index (χ0n) is 43.5. The quantitative estimate of drug-likeness (QED) is 0.0270. The van der Waals surface area contributed by atoms with Crippen molar-refractivity contribution < 1.29 is 55.5 Å². The number of allylic oxidation sites excluding steroid dienone is 4. The maximum atomic E-state index is 8.96. The molecule has 0 aromatic heterocycles. The molecular weight excluding hydrogens is 838 g/mol. The van der Waals surface area contributed by atoms with E-state index < -0.39 is 0 Å². The van der Waals surface area contributed by atoms with Gasteiger partial charge in [-0.15, -0.1) is 0 Å². The second-order valence-electron chi connectivity index (χ2n) is 19.0. The molecule has 2 N–H and O–H groups in total. The summed E-state index contributed by atoms with van der Waals surface area (Å²) < 4.78 is 36.4. The van der Waals surface area contributed by atoms with Crippen LogP contribution in [-0.2, 0) is 28.4 Å². The summed E-state index contributed by atoms with van der Waals surface area (Å²) in [6.07, 6.45) is 50.4. The van der Waals surface area contributed by atoms with E-state index in [1.165, 1.54) is 167 Å². The van der Waals surface area contributed by atoms with Crippen LogP contribution in [0.2, 0.25) is 0 Å². The average molecular weight is 949 g/mol. The third-order valence-electron chi connectivity index (χ3n) is 12.0. The standard InChI is InChI=1S/C55H110NO8.ClH/c1-5-7-9-11-13-15-17-19-21-23-25-27-29-31-33-38-44-61-53-54(62-45-39-34-32-30-28-26-24-22-20-18-16-14-12-10-8-6-2)52-56(3,4)41-37-35-36-40-55(63-50-48-59-46-42-57)64-51-49-60-47-43-58;/h19-22,54-55,57-58H,5-18,23-53H2,1-4H3;1H/q+1;/p-1/b21-19-,22-20-;. The lowest BCUT2D eigenvalue weighted by Crippen LogP contribution is -3.00. The van der Waals surface area contributed by atoms with E-state index in [4.69, 9.17) is 38.6 Å². The third-order valence-corrected chi connectivity index (χ3v) is 12.0. The first-order valence-electron chi connectivity index (χ1n) is 27.4. The van der Waals surface area contributed by atoms with Crippen molar-refractivity contribution in [2.24, 2.45) is 0 Å². The molecule has 0 saturated heterocycles. The van der Waals surface area contributed by atoms with Gasteiger partial charge in [0.25, 0.3) is 0 Å². The van der Waals surface area contributed by atoms with E-state index in [0.717, 1.165) is 69.3 Å². The normalized spacial score (nSPS) is 12.7. The molecule has 0 aromatic carbocycles. The summed E-state index contributed by atoms with van der Waals surface area (Å²) in [5.74, 6) is 0. The van der Waals surface area contributed by atoms with E-state index in [2.05, 4.69) is 52.2 Å². The van der Waals surface area contributed by atoms with Crippen molar-refractivity contribution in [3.63, 3.8) is 0 Å². The molecule has 0 amide bonds. The maximum absolute atomic E-state index is 8.96. The average Bonchev–Trinajstić information content (AvgIpc) is 3.28. The van der Waals surface area contributed by atoms with Gasteiger partial charge in [0, 0.05) is 13.2 Å². The largest absolute Gasteiger partial charge is 1.00 e. The number of quaternary nitrogens is 1. The van der Waals surface area contributed by atoms with Gasteiger partial charge in [-0.05, 0) is 89.9 Å². The van der Waals surface area contributed by atoms with Crippen LogP contribution < -0.4 is 12.4 Å². The molecular formula is C55H110ClNO8. The summed E-state index contributed by atoms with van der Waals surface area (Å²) in [6.45, 7) is 11.3. The fourth-order valence-electron chi connectivity index (χ4n) is 8.11. The summed E-state index contributed by atoms with van der Waals surface area (Å²) in [7, 11) is 4.67. The van der Waals surface area contributed by atoms with Gasteiger partial charge >= 0.3 is 0 Å². The van der Waals surface area contributed by atoms with Crippen molar-refractivity contribution in [3.8, 4) is 0 Å². The summed E-state index contributed by atoms with van der Waals surface area (Å²) in [6, 6.07) is 0. The second-order valence-corrected chi connectivity index (χ2v) is 19.0. The van der Waals surface area contributed by atoms with Gasteiger partial charge in [0.2, 0.25) is 0 Å². The lowest BCUT2D eigenvalue weighted by atomic mass is 10.1. The number of hydrogen-bond acceptors (Lipinski definition) is 8. The minimum absolute atomic E-state index is 0. The Morgan fingerprint density at radius 2 is 0.800 bits per heavy atom. The Hall–Kier alpha value is -0.590. The number of ether oxygens (including phenoxy) is 6. The molecule has 0 radical (unpaired) electrons. The number of hydrogen-bond donors (Lipinski definition) is 2. The fourth-order valence-corrected chi connectivity index (χ4v) is 8.11. The Bertz CT molecular complexity index is 927. The number of likely N-dealkylation sites (N-methyl/N-ethyl adjacent to an activating group) is 1. The lowest BCUT2D eigenvalue weighted by Gasteiger charge is -2.33. The molecule has 0 rings (SSSR count). The molecule has 0 aliphatic carbocycles. The lowest BCUT2D eigenvalue weighted by molar-refractivity contribution is -0.893. The number of halogens is 1. The number of rotatable bonds is 55. The molecule has 9 nitrogen and oxygen atoms in total. The number of nitrogens with zero attached hydrogens (tertiary/aromatic N) is 1. The summed E-state index contributed by atoms with van der Waals surface area (Å²) in [4.78, 5) is 0. The smallest absolute Gasteiger partial charge is 0.157 e. The molecule has 0 fully saturated rings. The van der Waals surface area contributed by atoms with Crippen LogP contribution in [-0.4, -0.2) is 127 Å². The first kappa shape index (κ1) is 66.5. The van der Waals surface area contributed by atoms with E-state index >= 15 is 0 Å². The van der Waals surface area contributed by atoms with E-state index in [0.29, 0.717) is 46.2 Å². The van der Waals surface area contributed by atoms with Crippen molar-refractivity contribution in [2.45, 2.75) is 232 Å². The van der Waals surface area contributed by atoms with Crippen LogP contribution in [0.3, 0.4) is 0 Å². The van der Waals surface area contributed by atoms with E-state index in [-0.39, 0.29) is 38.0 Å². The van der Waals surface area contributed by atoms with Gasteiger partial charge in [-0.2, -0.15) is 0 Å². The Labute approximate surface area is 409 Å². The highest BCUT2D eigenvalue weighted by Gasteiger charge is 2.23. The highest BCUT2D eigenvalue weighted by molar-refractivity contribution is 4.82. The topological polar surface area (TPSA) is 95.8 Å². The Morgan fingerprint density at radius 3 is 1.25 bits per heavy atom. The molecule has 390 valence electrons. The van der Waals surface area contributed by atoms with E-state index in [9.17, 15) is 0 Å². The van der Waals surface area contributed by atoms with Gasteiger partial charge in [0.05, 0.1) is 80.1 Å². The van der Waals surface area contributed by atoms with Crippen LogP contribution in [0.4, 0.5) is 0 Å². The van der Waals surface area contributed by atoms with Crippen LogP contribution in [0.1, 0.15) is 219 Å². The van der Waals surface area contributed by atoms with Crippen LogP contribution in [0.5, 0.6) is 0 Å². The van der Waals surface area contributed by atoms with Gasteiger partial charge in [-0.1, -0.05) is 154 Å². The third kappa shape index (κ3) is 54.2. The molecule has 0 bridgehead atoms. The molecule has 0 aliphatic heterocycles. The Kier molecular flexibility index (Phi) is 57.3. The fraction of sp³-hybridized carbons (Fsp3) is 0.927. The predicted octanol–water partition coefficient (Wildman–Crippen LogP) is 10.5. The zero-order valence-corrected chi connectivity index (χ0v) is 44.2. The van der Waals surface area contributed by atoms with E-state index in [1.54, 1.807) is 0 Å². The van der Waals surface area contributed by atoms with E-state index in [1.807, 2.05) is 0 Å². The van der Waals surface area contributed by atoms with Crippen molar-refractivity contribution in [2.75, 3.05) is 99.9 Å². The van der Waals surface area contributed by atoms with Gasteiger partial charge in [0.1, 0.15) is 12.6 Å². The molecule has 0 aromatic rings. The van der Waals surface area contributed by atoms with Gasteiger partial charge in [-0.25, -0.2) is 0 Å². The van der Waals surface area contributed by atoms with Crippen molar-refractivity contribution in [1.29, 1.82) is 0 Å². The molecule has 10 heteroatoms. The first-order chi connectivity index (χ1) is 31.5. The predicted molar refractivity (Wildman–Crippen MR) is 271 cm³/mol. The second kappa shape index (κ2) is 56.0. The highest BCUT2D eigenvalue weighted by Crippen LogP contribution is 2.15. The van der Waals surface area contributed by atoms with Crippen molar-refractivity contribution >= 4 is 0 Å². The molecule has 1 unspecified atom stereocenters. The monoisotopic (exact) mass is 948 g/mol.